The van der Waals surface area contributed by atoms with Gasteiger partial charge in [0.25, 0.3) is 0 Å². The summed E-state index contributed by atoms with van der Waals surface area (Å²) in [4.78, 5) is 10.7. The minimum atomic E-state index is -0.449. The lowest BCUT2D eigenvalue weighted by molar-refractivity contribution is -0.386. The van der Waals surface area contributed by atoms with Gasteiger partial charge in [-0.05, 0) is 30.2 Å². The summed E-state index contributed by atoms with van der Waals surface area (Å²) in [5, 5.41) is 14.4. The van der Waals surface area contributed by atoms with Gasteiger partial charge in [0.2, 0.25) is 0 Å². The Kier molecular flexibility index (Phi) is 7.20. The monoisotopic (exact) mass is 330 g/mol. The van der Waals surface area contributed by atoms with Gasteiger partial charge in [-0.2, -0.15) is 0 Å². The maximum absolute atomic E-state index is 11.1. The summed E-state index contributed by atoms with van der Waals surface area (Å²) in [5.41, 5.74) is 1.90. The molecular formula is C18H22N2O4. The molecule has 0 fully saturated rings. The first kappa shape index (κ1) is 17.9. The molecule has 0 aromatic heterocycles. The highest BCUT2D eigenvalue weighted by Gasteiger charge is 2.15. The van der Waals surface area contributed by atoms with E-state index < -0.39 is 4.92 Å². The van der Waals surface area contributed by atoms with Crippen LogP contribution in [0.4, 0.5) is 5.69 Å². The number of rotatable bonds is 10. The fourth-order valence-electron chi connectivity index (χ4n) is 2.18. The first-order valence-electron chi connectivity index (χ1n) is 7.93. The molecule has 0 heterocycles. The average molecular weight is 330 g/mol. The maximum atomic E-state index is 11.1. The lowest BCUT2D eigenvalue weighted by atomic mass is 10.2. The van der Waals surface area contributed by atoms with E-state index in [0.29, 0.717) is 13.2 Å². The van der Waals surface area contributed by atoms with Crippen LogP contribution >= 0.6 is 0 Å². The van der Waals surface area contributed by atoms with Crippen LogP contribution in [0.5, 0.6) is 5.75 Å². The third-order valence-corrected chi connectivity index (χ3v) is 3.39. The summed E-state index contributed by atoms with van der Waals surface area (Å²) in [5.74, 6) is 0.226. The highest BCUT2D eigenvalue weighted by atomic mass is 16.7. The Labute approximate surface area is 141 Å². The molecule has 2 rings (SSSR count). The van der Waals surface area contributed by atoms with Gasteiger partial charge in [-0.3, -0.25) is 10.1 Å². The van der Waals surface area contributed by atoms with Crippen molar-refractivity contribution in [2.45, 2.75) is 26.5 Å². The van der Waals surface area contributed by atoms with Gasteiger partial charge >= 0.3 is 5.69 Å². The molecule has 24 heavy (non-hydrogen) atoms. The Bertz CT molecular complexity index is 647. The second-order valence-electron chi connectivity index (χ2n) is 5.33. The van der Waals surface area contributed by atoms with Crippen molar-refractivity contribution in [3.05, 3.63) is 69.8 Å². The lowest BCUT2D eigenvalue weighted by Gasteiger charge is -2.10. The van der Waals surface area contributed by atoms with E-state index in [-0.39, 0.29) is 18.2 Å². The molecule has 0 unspecified atom stereocenters. The van der Waals surface area contributed by atoms with E-state index in [0.717, 1.165) is 24.1 Å². The van der Waals surface area contributed by atoms with Crippen molar-refractivity contribution in [2.75, 3.05) is 13.3 Å². The molecule has 2 aromatic rings. The lowest BCUT2D eigenvalue weighted by Crippen LogP contribution is -2.14. The van der Waals surface area contributed by atoms with Gasteiger partial charge < -0.3 is 14.8 Å². The molecule has 0 amide bonds. The van der Waals surface area contributed by atoms with Gasteiger partial charge in [0.1, 0.15) is 0 Å². The van der Waals surface area contributed by atoms with Gasteiger partial charge in [0, 0.05) is 12.6 Å². The maximum Gasteiger partial charge on any atom is 0.311 e. The number of nitro benzene ring substituents is 1. The standard InChI is InChI=1S/C18H22N2O4/c1-2-10-19-12-16-8-9-17(20(21)22)18(11-16)24-14-23-13-15-6-4-3-5-7-15/h3-9,11,19H,2,10,12-14H2,1H3. The normalized spacial score (nSPS) is 10.5. The van der Waals surface area contributed by atoms with E-state index in [9.17, 15) is 10.1 Å². The van der Waals surface area contributed by atoms with Crippen molar-refractivity contribution in [3.8, 4) is 5.75 Å². The molecule has 0 aliphatic heterocycles. The van der Waals surface area contributed by atoms with E-state index in [2.05, 4.69) is 12.2 Å². The average Bonchev–Trinajstić information content (AvgIpc) is 2.60. The van der Waals surface area contributed by atoms with Gasteiger partial charge in [-0.15, -0.1) is 0 Å². The highest BCUT2D eigenvalue weighted by molar-refractivity contribution is 5.48. The Morgan fingerprint density at radius 1 is 1.12 bits per heavy atom. The minimum absolute atomic E-state index is 0.0401. The molecule has 0 saturated carbocycles. The number of nitro groups is 1. The number of benzene rings is 2. The summed E-state index contributed by atoms with van der Waals surface area (Å²) >= 11 is 0. The molecule has 0 spiro atoms. The molecular weight excluding hydrogens is 308 g/mol. The molecule has 0 bridgehead atoms. The summed E-state index contributed by atoms with van der Waals surface area (Å²) < 4.78 is 10.9. The topological polar surface area (TPSA) is 73.6 Å². The van der Waals surface area contributed by atoms with Gasteiger partial charge in [0.05, 0.1) is 11.5 Å². The highest BCUT2D eigenvalue weighted by Crippen LogP contribution is 2.28. The molecule has 128 valence electrons. The minimum Gasteiger partial charge on any atom is -0.460 e. The number of ether oxygens (including phenoxy) is 2. The van der Waals surface area contributed by atoms with Crippen LogP contribution in [-0.2, 0) is 17.9 Å². The van der Waals surface area contributed by atoms with Crippen LogP contribution < -0.4 is 10.1 Å². The first-order chi connectivity index (χ1) is 11.7. The molecule has 1 N–H and O–H groups in total. The molecule has 0 aliphatic rings. The molecule has 0 atom stereocenters. The molecule has 0 radical (unpaired) electrons. The van der Waals surface area contributed by atoms with Crippen molar-refractivity contribution in [3.63, 3.8) is 0 Å². The predicted octanol–water partition coefficient (Wildman–Crippen LogP) is 3.65. The third-order valence-electron chi connectivity index (χ3n) is 3.39. The van der Waals surface area contributed by atoms with Gasteiger partial charge in [0.15, 0.2) is 12.5 Å². The molecule has 0 aliphatic carbocycles. The van der Waals surface area contributed by atoms with E-state index >= 15 is 0 Å². The quantitative estimate of drug-likeness (QED) is 0.311. The van der Waals surface area contributed by atoms with Crippen LogP contribution in [0.1, 0.15) is 24.5 Å². The van der Waals surface area contributed by atoms with Crippen molar-refractivity contribution < 1.29 is 14.4 Å². The van der Waals surface area contributed by atoms with E-state index in [1.165, 1.54) is 6.07 Å². The van der Waals surface area contributed by atoms with Gasteiger partial charge in [-0.25, -0.2) is 0 Å². The Morgan fingerprint density at radius 2 is 1.92 bits per heavy atom. The number of hydrogen-bond acceptors (Lipinski definition) is 5. The fraction of sp³-hybridized carbons (Fsp3) is 0.333. The predicted molar refractivity (Wildman–Crippen MR) is 91.8 cm³/mol. The summed E-state index contributed by atoms with van der Waals surface area (Å²) in [6.45, 7) is 3.98. The van der Waals surface area contributed by atoms with E-state index in [1.807, 2.05) is 30.3 Å². The second-order valence-corrected chi connectivity index (χ2v) is 5.33. The third kappa shape index (κ3) is 5.64. The number of nitrogens with zero attached hydrogens (tertiary/aromatic N) is 1. The van der Waals surface area contributed by atoms with Crippen LogP contribution in [0.3, 0.4) is 0 Å². The second kappa shape index (κ2) is 9.64. The van der Waals surface area contributed by atoms with Crippen LogP contribution in [0.15, 0.2) is 48.5 Å². The smallest absolute Gasteiger partial charge is 0.311 e. The number of nitrogens with one attached hydrogen (secondary N) is 1. The SMILES string of the molecule is CCCNCc1ccc([N+](=O)[O-])c(OCOCc2ccccc2)c1. The number of hydrogen-bond donors (Lipinski definition) is 1. The summed E-state index contributed by atoms with van der Waals surface area (Å²) in [6, 6.07) is 14.6. The van der Waals surface area contributed by atoms with Crippen molar-refractivity contribution >= 4 is 5.69 Å². The summed E-state index contributed by atoms with van der Waals surface area (Å²) in [6.07, 6.45) is 1.03. The molecule has 6 nitrogen and oxygen atoms in total. The van der Waals surface area contributed by atoms with Crippen LogP contribution in [0, 0.1) is 10.1 Å². The van der Waals surface area contributed by atoms with Crippen molar-refractivity contribution in [1.82, 2.24) is 5.32 Å². The largest absolute Gasteiger partial charge is 0.460 e. The van der Waals surface area contributed by atoms with Crippen LogP contribution in [0.25, 0.3) is 0 Å². The first-order valence-corrected chi connectivity index (χ1v) is 7.93. The zero-order valence-corrected chi connectivity index (χ0v) is 13.7. The fourth-order valence-corrected chi connectivity index (χ4v) is 2.18. The van der Waals surface area contributed by atoms with E-state index in [4.69, 9.17) is 9.47 Å². The van der Waals surface area contributed by atoms with Crippen molar-refractivity contribution in [2.24, 2.45) is 0 Å². The Balaban J connectivity index is 1.93. The van der Waals surface area contributed by atoms with Gasteiger partial charge in [-0.1, -0.05) is 43.3 Å². The molecule has 2 aromatic carbocycles. The molecule has 0 saturated heterocycles. The van der Waals surface area contributed by atoms with E-state index in [1.54, 1.807) is 12.1 Å². The van der Waals surface area contributed by atoms with Crippen LogP contribution in [-0.4, -0.2) is 18.3 Å². The molecule has 6 heteroatoms. The van der Waals surface area contributed by atoms with Crippen LogP contribution in [0.2, 0.25) is 0 Å². The Morgan fingerprint density at radius 3 is 2.62 bits per heavy atom. The zero-order chi connectivity index (χ0) is 17.2. The zero-order valence-electron chi connectivity index (χ0n) is 13.7. The van der Waals surface area contributed by atoms with Crippen molar-refractivity contribution in [1.29, 1.82) is 0 Å². The Hall–Kier alpha value is -2.44. The summed E-state index contributed by atoms with van der Waals surface area (Å²) in [7, 11) is 0.